The molecule has 1 fully saturated rings. The molecular weight excluding hydrogens is 368 g/mol. The number of halogens is 1. The van der Waals surface area contributed by atoms with E-state index in [0.717, 1.165) is 18.4 Å². The maximum Gasteiger partial charge on any atom is 0.223 e. The minimum absolute atomic E-state index is 0.101. The number of rotatable bonds is 6. The molecule has 1 atom stereocenters. The molecule has 3 aromatic carbocycles. The highest BCUT2D eigenvalue weighted by atomic mass is 35.5. The lowest BCUT2D eigenvalue weighted by Gasteiger charge is -2.37. The average molecular weight is 393 g/mol. The zero-order chi connectivity index (χ0) is 19.5. The second-order valence-corrected chi connectivity index (χ2v) is 8.10. The van der Waals surface area contributed by atoms with Gasteiger partial charge in [0.1, 0.15) is 0 Å². The van der Waals surface area contributed by atoms with Crippen LogP contribution in [-0.2, 0) is 11.3 Å². The topological polar surface area (TPSA) is 41.1 Å². The van der Waals surface area contributed by atoms with Crippen molar-refractivity contribution in [2.24, 2.45) is 5.92 Å². The first kappa shape index (κ1) is 19.0. The number of carbonyl (C=O) groups is 1. The van der Waals surface area contributed by atoms with Crippen molar-refractivity contribution in [3.63, 3.8) is 0 Å². The predicted octanol–water partition coefficient (Wildman–Crippen LogP) is 5.24. The van der Waals surface area contributed by atoms with E-state index in [-0.39, 0.29) is 17.9 Å². The summed E-state index contributed by atoms with van der Waals surface area (Å²) in [5.41, 5.74) is 2.38. The van der Waals surface area contributed by atoms with E-state index in [4.69, 9.17) is 11.6 Å². The molecule has 1 amide bonds. The summed E-state index contributed by atoms with van der Waals surface area (Å²) in [4.78, 5) is 12.4. The number of hydrogen-bond donors (Lipinski definition) is 2. The minimum Gasteiger partial charge on any atom is -0.352 e. The number of nitrogens with one attached hydrogen (secondary N) is 2. The summed E-state index contributed by atoms with van der Waals surface area (Å²) < 4.78 is 0. The zero-order valence-corrected chi connectivity index (χ0v) is 16.7. The van der Waals surface area contributed by atoms with Crippen LogP contribution in [0.3, 0.4) is 0 Å². The average Bonchev–Trinajstić information content (AvgIpc) is 2.69. The maximum atomic E-state index is 12.4. The van der Waals surface area contributed by atoms with Crippen LogP contribution in [0.1, 0.15) is 36.9 Å². The van der Waals surface area contributed by atoms with E-state index in [9.17, 15) is 4.79 Å². The van der Waals surface area contributed by atoms with Crippen molar-refractivity contribution in [1.29, 1.82) is 0 Å². The van der Waals surface area contributed by atoms with Gasteiger partial charge < -0.3 is 10.6 Å². The smallest absolute Gasteiger partial charge is 0.223 e. The summed E-state index contributed by atoms with van der Waals surface area (Å²) in [6.07, 6.45) is 1.78. The maximum absolute atomic E-state index is 12.4. The highest BCUT2D eigenvalue weighted by Crippen LogP contribution is 2.31. The molecule has 3 nitrogen and oxygen atoms in total. The van der Waals surface area contributed by atoms with Gasteiger partial charge in [-0.15, -0.1) is 0 Å². The van der Waals surface area contributed by atoms with Crippen molar-refractivity contribution in [3.05, 3.63) is 82.9 Å². The lowest BCUT2D eigenvalue weighted by molar-refractivity contribution is -0.128. The molecule has 1 aliphatic carbocycles. The molecule has 3 aromatic rings. The van der Waals surface area contributed by atoms with E-state index >= 15 is 0 Å². The normalized spacial score (nSPS) is 19.8. The van der Waals surface area contributed by atoms with Crippen molar-refractivity contribution in [3.8, 4) is 0 Å². The summed E-state index contributed by atoms with van der Waals surface area (Å²) in [5.74, 6) is 0.246. The van der Waals surface area contributed by atoms with Gasteiger partial charge in [-0.05, 0) is 53.8 Å². The standard InChI is InChI=1S/C24H25ClN2O/c1-16(22-8-4-6-18-5-2-3-7-23(18)22)27-21-13-19(14-21)24(28)26-15-17-9-11-20(25)12-10-17/h2-12,16,19,21,27H,13-15H2,1H3,(H,26,28). The van der Waals surface area contributed by atoms with Crippen molar-refractivity contribution < 1.29 is 4.79 Å². The second-order valence-electron chi connectivity index (χ2n) is 7.67. The van der Waals surface area contributed by atoms with Crippen LogP contribution in [0.15, 0.2) is 66.7 Å². The number of hydrogen-bond acceptors (Lipinski definition) is 2. The molecule has 0 heterocycles. The van der Waals surface area contributed by atoms with Crippen molar-refractivity contribution in [2.45, 2.75) is 38.4 Å². The van der Waals surface area contributed by atoms with Crippen molar-refractivity contribution in [2.75, 3.05) is 0 Å². The fourth-order valence-electron chi connectivity index (χ4n) is 3.98. The lowest BCUT2D eigenvalue weighted by atomic mass is 9.79. The van der Waals surface area contributed by atoms with Gasteiger partial charge in [-0.25, -0.2) is 0 Å². The Morgan fingerprint density at radius 3 is 2.54 bits per heavy atom. The van der Waals surface area contributed by atoms with Gasteiger partial charge in [0.2, 0.25) is 5.91 Å². The fraction of sp³-hybridized carbons (Fsp3) is 0.292. The molecular formula is C24H25ClN2O. The molecule has 0 aliphatic heterocycles. The van der Waals surface area contributed by atoms with E-state index in [1.165, 1.54) is 16.3 Å². The van der Waals surface area contributed by atoms with Gasteiger partial charge >= 0.3 is 0 Å². The van der Waals surface area contributed by atoms with Gasteiger partial charge in [0, 0.05) is 29.6 Å². The van der Waals surface area contributed by atoms with E-state index in [1.807, 2.05) is 24.3 Å². The zero-order valence-electron chi connectivity index (χ0n) is 16.0. The Balaban J connectivity index is 1.28. The predicted molar refractivity (Wildman–Crippen MR) is 115 cm³/mol. The summed E-state index contributed by atoms with van der Waals surface area (Å²) in [7, 11) is 0. The number of amides is 1. The summed E-state index contributed by atoms with van der Waals surface area (Å²) in [6, 6.07) is 23.2. The van der Waals surface area contributed by atoms with Crippen molar-refractivity contribution in [1.82, 2.24) is 10.6 Å². The molecule has 28 heavy (non-hydrogen) atoms. The van der Waals surface area contributed by atoms with Crippen LogP contribution in [0.5, 0.6) is 0 Å². The SMILES string of the molecule is CC(NC1CC(C(=O)NCc2ccc(Cl)cc2)C1)c1cccc2ccccc12. The Morgan fingerprint density at radius 1 is 1.04 bits per heavy atom. The van der Waals surface area contributed by atoms with Crippen LogP contribution in [0, 0.1) is 5.92 Å². The summed E-state index contributed by atoms with van der Waals surface area (Å²) in [5, 5.41) is 10.0. The lowest BCUT2D eigenvalue weighted by Crippen LogP contribution is -2.48. The third kappa shape index (κ3) is 4.21. The first-order valence-corrected chi connectivity index (χ1v) is 10.2. The highest BCUT2D eigenvalue weighted by molar-refractivity contribution is 6.30. The summed E-state index contributed by atoms with van der Waals surface area (Å²) in [6.45, 7) is 2.76. The van der Waals surface area contributed by atoms with Crippen LogP contribution in [-0.4, -0.2) is 11.9 Å². The molecule has 0 aromatic heterocycles. The Hall–Kier alpha value is -2.36. The van der Waals surface area contributed by atoms with Gasteiger partial charge in [-0.3, -0.25) is 4.79 Å². The van der Waals surface area contributed by atoms with Crippen LogP contribution in [0.25, 0.3) is 10.8 Å². The molecule has 1 aliphatic rings. The van der Waals surface area contributed by atoms with E-state index in [1.54, 1.807) is 0 Å². The third-order valence-electron chi connectivity index (χ3n) is 5.66. The summed E-state index contributed by atoms with van der Waals surface area (Å²) >= 11 is 5.90. The third-order valence-corrected chi connectivity index (χ3v) is 5.92. The molecule has 0 spiro atoms. The first-order valence-electron chi connectivity index (χ1n) is 9.86. The van der Waals surface area contributed by atoms with Crippen LogP contribution in [0.2, 0.25) is 5.02 Å². The minimum atomic E-state index is 0.101. The Labute approximate surface area is 171 Å². The molecule has 0 radical (unpaired) electrons. The Kier molecular flexibility index (Phi) is 5.65. The Morgan fingerprint density at radius 2 is 1.75 bits per heavy atom. The number of benzene rings is 3. The molecule has 1 unspecified atom stereocenters. The number of fused-ring (bicyclic) bond motifs is 1. The largest absolute Gasteiger partial charge is 0.352 e. The molecule has 2 N–H and O–H groups in total. The molecule has 1 saturated carbocycles. The molecule has 0 saturated heterocycles. The Bertz CT molecular complexity index is 959. The fourth-order valence-corrected chi connectivity index (χ4v) is 4.10. The van der Waals surface area contributed by atoms with Crippen LogP contribution in [0.4, 0.5) is 0 Å². The quantitative estimate of drug-likeness (QED) is 0.602. The first-order chi connectivity index (χ1) is 13.6. The van der Waals surface area contributed by atoms with Gasteiger partial charge in [0.05, 0.1) is 0 Å². The van der Waals surface area contributed by atoms with E-state index in [2.05, 4.69) is 60.0 Å². The highest BCUT2D eigenvalue weighted by Gasteiger charge is 2.35. The van der Waals surface area contributed by atoms with Crippen molar-refractivity contribution >= 4 is 28.3 Å². The van der Waals surface area contributed by atoms with Crippen LogP contribution >= 0.6 is 11.6 Å². The second kappa shape index (κ2) is 8.34. The van der Waals surface area contributed by atoms with Gasteiger partial charge in [-0.1, -0.05) is 66.2 Å². The van der Waals surface area contributed by atoms with Gasteiger partial charge in [0.25, 0.3) is 0 Å². The van der Waals surface area contributed by atoms with Gasteiger partial charge in [-0.2, -0.15) is 0 Å². The number of carbonyl (C=O) groups excluding carboxylic acids is 1. The molecule has 144 valence electrons. The molecule has 4 heteroatoms. The van der Waals surface area contributed by atoms with Gasteiger partial charge in [0.15, 0.2) is 0 Å². The molecule has 0 bridgehead atoms. The molecule has 4 rings (SSSR count). The van der Waals surface area contributed by atoms with Crippen LogP contribution < -0.4 is 10.6 Å². The monoisotopic (exact) mass is 392 g/mol. The van der Waals surface area contributed by atoms with E-state index < -0.39 is 0 Å². The van der Waals surface area contributed by atoms with E-state index in [0.29, 0.717) is 17.6 Å².